The molecule has 0 fully saturated rings. The molecule has 0 aliphatic carbocycles. The van der Waals surface area contributed by atoms with Crippen molar-refractivity contribution < 1.29 is 9.59 Å². The maximum absolute atomic E-state index is 12.6. The second-order valence-electron chi connectivity index (χ2n) is 8.73. The number of nitrogens with one attached hydrogen (secondary N) is 4. The number of H-pyrrole nitrogens is 2. The molecular weight excluding hydrogens is 420 g/mol. The first kappa shape index (κ1) is 22.0. The molecule has 0 unspecified atom stereocenters. The molecule has 2 heterocycles. The SMILES string of the molecule is CC(C)(CNC(=O)c1cc2ccccc2c(=O)[nH]1)CNC(=O)c1cc2ccccc2c(=O)[nH]1. The molecule has 33 heavy (non-hydrogen) atoms. The zero-order valence-corrected chi connectivity index (χ0v) is 18.3. The number of carbonyl (C=O) groups is 2. The smallest absolute Gasteiger partial charge is 0.267 e. The maximum atomic E-state index is 12.6. The van der Waals surface area contributed by atoms with Gasteiger partial charge in [-0.1, -0.05) is 50.2 Å². The fraction of sp³-hybridized carbons (Fsp3) is 0.200. The number of carbonyl (C=O) groups excluding carboxylic acids is 2. The van der Waals surface area contributed by atoms with Crippen LogP contribution in [0.1, 0.15) is 34.8 Å². The number of hydrogen-bond donors (Lipinski definition) is 4. The minimum absolute atomic E-state index is 0.173. The first-order valence-corrected chi connectivity index (χ1v) is 10.5. The second-order valence-corrected chi connectivity index (χ2v) is 8.73. The van der Waals surface area contributed by atoms with Gasteiger partial charge < -0.3 is 20.6 Å². The number of aromatic nitrogens is 2. The van der Waals surface area contributed by atoms with Gasteiger partial charge in [0.15, 0.2) is 0 Å². The third-order valence-electron chi connectivity index (χ3n) is 5.45. The Bertz CT molecular complexity index is 1370. The van der Waals surface area contributed by atoms with Crippen molar-refractivity contribution in [2.24, 2.45) is 5.41 Å². The van der Waals surface area contributed by atoms with Gasteiger partial charge in [-0.3, -0.25) is 19.2 Å². The molecule has 0 saturated carbocycles. The molecule has 0 spiro atoms. The van der Waals surface area contributed by atoms with Crippen molar-refractivity contribution in [1.29, 1.82) is 0 Å². The van der Waals surface area contributed by atoms with Crippen LogP contribution in [0.3, 0.4) is 0 Å². The number of amides is 2. The van der Waals surface area contributed by atoms with Crippen LogP contribution in [-0.4, -0.2) is 34.9 Å². The molecule has 0 bridgehead atoms. The Morgan fingerprint density at radius 1 is 0.727 bits per heavy atom. The van der Waals surface area contributed by atoms with E-state index in [1.165, 1.54) is 0 Å². The standard InChI is InChI=1S/C25H24N4O4/c1-25(2,13-26-23(32)19-11-15-7-3-5-9-17(15)21(30)28-19)14-27-24(33)20-12-16-8-4-6-10-18(16)22(31)29-20/h3-12H,13-14H2,1-2H3,(H,26,32)(H,27,33)(H,28,30)(H,29,31). The van der Waals surface area contributed by atoms with Crippen LogP contribution in [0.25, 0.3) is 21.5 Å². The summed E-state index contributed by atoms with van der Waals surface area (Å²) < 4.78 is 0. The zero-order chi connectivity index (χ0) is 23.6. The van der Waals surface area contributed by atoms with Gasteiger partial charge in [0.05, 0.1) is 0 Å². The quantitative estimate of drug-likeness (QED) is 0.365. The molecule has 2 amide bonds. The lowest BCUT2D eigenvalue weighted by atomic mass is 9.93. The third kappa shape index (κ3) is 4.85. The largest absolute Gasteiger partial charge is 0.350 e. The Hall–Kier alpha value is -4.20. The molecule has 0 atom stereocenters. The van der Waals surface area contributed by atoms with E-state index in [1.807, 2.05) is 13.8 Å². The highest BCUT2D eigenvalue weighted by atomic mass is 16.2. The summed E-state index contributed by atoms with van der Waals surface area (Å²) >= 11 is 0. The van der Waals surface area contributed by atoms with E-state index in [0.717, 1.165) is 0 Å². The topological polar surface area (TPSA) is 124 Å². The highest BCUT2D eigenvalue weighted by molar-refractivity contribution is 5.97. The van der Waals surface area contributed by atoms with Crippen molar-refractivity contribution in [3.05, 3.63) is 92.8 Å². The number of benzene rings is 2. The zero-order valence-electron chi connectivity index (χ0n) is 18.3. The van der Waals surface area contributed by atoms with Crippen molar-refractivity contribution >= 4 is 33.4 Å². The molecule has 2 aromatic heterocycles. The van der Waals surface area contributed by atoms with Crippen LogP contribution in [0.5, 0.6) is 0 Å². The van der Waals surface area contributed by atoms with Crippen LogP contribution < -0.4 is 21.8 Å². The Labute approximate surface area is 189 Å². The Morgan fingerprint density at radius 2 is 1.12 bits per heavy atom. The monoisotopic (exact) mass is 444 g/mol. The second kappa shape index (κ2) is 8.74. The van der Waals surface area contributed by atoms with Gasteiger partial charge in [-0.15, -0.1) is 0 Å². The van der Waals surface area contributed by atoms with Crippen LogP contribution in [0, 0.1) is 5.41 Å². The molecule has 0 aliphatic rings. The molecule has 4 N–H and O–H groups in total. The molecule has 4 aromatic rings. The van der Waals surface area contributed by atoms with E-state index in [2.05, 4.69) is 20.6 Å². The highest BCUT2D eigenvalue weighted by Gasteiger charge is 2.22. The summed E-state index contributed by atoms with van der Waals surface area (Å²) in [5, 5.41) is 8.02. The van der Waals surface area contributed by atoms with Crippen molar-refractivity contribution in [2.75, 3.05) is 13.1 Å². The predicted molar refractivity (Wildman–Crippen MR) is 128 cm³/mol. The van der Waals surface area contributed by atoms with Gasteiger partial charge >= 0.3 is 0 Å². The first-order chi connectivity index (χ1) is 15.7. The van der Waals surface area contributed by atoms with Crippen molar-refractivity contribution in [3.63, 3.8) is 0 Å². The van der Waals surface area contributed by atoms with Crippen LogP contribution in [-0.2, 0) is 0 Å². The Balaban J connectivity index is 1.39. The summed E-state index contributed by atoms with van der Waals surface area (Å²) in [6.45, 7) is 4.30. The first-order valence-electron chi connectivity index (χ1n) is 10.5. The summed E-state index contributed by atoms with van der Waals surface area (Å²) in [5.41, 5.74) is -0.789. The number of pyridine rings is 2. The molecule has 168 valence electrons. The fourth-order valence-corrected chi connectivity index (χ4v) is 3.56. The summed E-state index contributed by atoms with van der Waals surface area (Å²) in [6, 6.07) is 17.4. The Kier molecular flexibility index (Phi) is 5.83. The van der Waals surface area contributed by atoms with Crippen LogP contribution >= 0.6 is 0 Å². The lowest BCUT2D eigenvalue weighted by Crippen LogP contribution is -2.42. The van der Waals surface area contributed by atoms with E-state index in [-0.39, 0.29) is 35.6 Å². The number of aromatic amines is 2. The average Bonchev–Trinajstić information content (AvgIpc) is 2.81. The van der Waals surface area contributed by atoms with Gasteiger partial charge in [0.2, 0.25) is 0 Å². The Morgan fingerprint density at radius 3 is 1.55 bits per heavy atom. The van der Waals surface area contributed by atoms with Gasteiger partial charge in [-0.25, -0.2) is 0 Å². The molecule has 2 aromatic carbocycles. The minimum Gasteiger partial charge on any atom is -0.350 e. The van der Waals surface area contributed by atoms with E-state index < -0.39 is 17.2 Å². The van der Waals surface area contributed by atoms with E-state index in [0.29, 0.717) is 21.5 Å². The average molecular weight is 444 g/mol. The summed E-state index contributed by atoms with van der Waals surface area (Å²) in [4.78, 5) is 54.8. The van der Waals surface area contributed by atoms with Crippen LogP contribution in [0.4, 0.5) is 0 Å². The van der Waals surface area contributed by atoms with Gasteiger partial charge in [-0.05, 0) is 40.5 Å². The van der Waals surface area contributed by atoms with Gasteiger partial charge in [0.25, 0.3) is 22.9 Å². The molecule has 8 heteroatoms. The van der Waals surface area contributed by atoms with E-state index in [9.17, 15) is 19.2 Å². The summed E-state index contributed by atoms with van der Waals surface area (Å²) in [7, 11) is 0. The van der Waals surface area contributed by atoms with Gasteiger partial charge in [0.1, 0.15) is 11.4 Å². The predicted octanol–water partition coefficient (Wildman–Crippen LogP) is 2.56. The third-order valence-corrected chi connectivity index (χ3v) is 5.45. The van der Waals surface area contributed by atoms with E-state index >= 15 is 0 Å². The van der Waals surface area contributed by atoms with E-state index in [4.69, 9.17) is 0 Å². The molecule has 0 aliphatic heterocycles. The summed E-state index contributed by atoms with van der Waals surface area (Å²) in [6.07, 6.45) is 0. The number of fused-ring (bicyclic) bond motifs is 2. The van der Waals surface area contributed by atoms with Crippen molar-refractivity contribution in [3.8, 4) is 0 Å². The normalized spacial score (nSPS) is 11.5. The van der Waals surface area contributed by atoms with Crippen molar-refractivity contribution in [2.45, 2.75) is 13.8 Å². The van der Waals surface area contributed by atoms with Gasteiger partial charge in [-0.2, -0.15) is 0 Å². The number of hydrogen-bond acceptors (Lipinski definition) is 4. The minimum atomic E-state index is -0.487. The lowest BCUT2D eigenvalue weighted by molar-refractivity contribution is 0.0914. The molecule has 8 nitrogen and oxygen atoms in total. The maximum Gasteiger partial charge on any atom is 0.267 e. The summed E-state index contributed by atoms with van der Waals surface area (Å²) in [5.74, 6) is -0.813. The van der Waals surface area contributed by atoms with Crippen LogP contribution in [0.2, 0.25) is 0 Å². The molecule has 0 radical (unpaired) electrons. The highest BCUT2D eigenvalue weighted by Crippen LogP contribution is 2.14. The number of rotatable bonds is 6. The van der Waals surface area contributed by atoms with E-state index in [1.54, 1.807) is 60.7 Å². The van der Waals surface area contributed by atoms with Gasteiger partial charge in [0, 0.05) is 23.9 Å². The fourth-order valence-electron chi connectivity index (χ4n) is 3.56. The lowest BCUT2D eigenvalue weighted by Gasteiger charge is -2.25. The molecule has 0 saturated heterocycles. The van der Waals surface area contributed by atoms with Crippen LogP contribution in [0.15, 0.2) is 70.3 Å². The van der Waals surface area contributed by atoms with Crippen molar-refractivity contribution in [1.82, 2.24) is 20.6 Å². The molecule has 4 rings (SSSR count). The molecular formula is C25H24N4O4.